The minimum atomic E-state index is -0.925. The van der Waals surface area contributed by atoms with Gasteiger partial charge in [-0.1, -0.05) is 0 Å². The Morgan fingerprint density at radius 2 is 2.38 bits per heavy atom. The van der Waals surface area contributed by atoms with Crippen molar-refractivity contribution in [1.82, 2.24) is 4.90 Å². The van der Waals surface area contributed by atoms with Crippen molar-refractivity contribution in [2.24, 2.45) is 5.73 Å². The second-order valence-electron chi connectivity index (χ2n) is 3.18. The molecule has 3 atom stereocenters. The van der Waals surface area contributed by atoms with Crippen molar-refractivity contribution in [1.29, 1.82) is 0 Å². The van der Waals surface area contributed by atoms with Gasteiger partial charge in [0.25, 0.3) is 0 Å². The van der Waals surface area contributed by atoms with E-state index in [1.807, 2.05) is 0 Å². The maximum atomic E-state index is 11.2. The van der Waals surface area contributed by atoms with Crippen molar-refractivity contribution >= 4 is 23.6 Å². The van der Waals surface area contributed by atoms with Crippen LogP contribution in [0.25, 0.3) is 0 Å². The molecule has 2 rings (SSSR count). The Kier molecular flexibility index (Phi) is 1.96. The SMILES string of the molecule is NC1C(=O)N2C(C(=O)O)CCS[C@H]12. The maximum absolute atomic E-state index is 11.2. The Morgan fingerprint density at radius 1 is 1.69 bits per heavy atom. The van der Waals surface area contributed by atoms with Crippen LogP contribution < -0.4 is 5.73 Å². The van der Waals surface area contributed by atoms with Crippen LogP contribution in [-0.4, -0.2) is 45.1 Å². The van der Waals surface area contributed by atoms with Gasteiger partial charge in [-0.3, -0.25) is 4.79 Å². The number of carbonyl (C=O) groups is 2. The van der Waals surface area contributed by atoms with Crippen molar-refractivity contribution in [2.75, 3.05) is 5.75 Å². The maximum Gasteiger partial charge on any atom is 0.326 e. The summed E-state index contributed by atoms with van der Waals surface area (Å²) in [6.45, 7) is 0. The van der Waals surface area contributed by atoms with Crippen molar-refractivity contribution in [3.63, 3.8) is 0 Å². The highest BCUT2D eigenvalue weighted by Crippen LogP contribution is 2.36. The van der Waals surface area contributed by atoms with E-state index in [0.29, 0.717) is 6.42 Å². The molecule has 72 valence electrons. The van der Waals surface area contributed by atoms with E-state index < -0.39 is 18.1 Å². The van der Waals surface area contributed by atoms with Crippen LogP contribution in [0.1, 0.15) is 6.42 Å². The largest absolute Gasteiger partial charge is 0.480 e. The number of rotatable bonds is 1. The third-order valence-corrected chi connectivity index (χ3v) is 3.76. The molecule has 0 spiro atoms. The second kappa shape index (κ2) is 2.88. The number of nitrogens with two attached hydrogens (primary N) is 1. The van der Waals surface area contributed by atoms with Crippen LogP contribution in [-0.2, 0) is 9.59 Å². The van der Waals surface area contributed by atoms with Gasteiger partial charge in [-0.15, -0.1) is 11.8 Å². The quantitative estimate of drug-likeness (QED) is 0.537. The molecule has 6 heteroatoms. The Bertz CT molecular complexity index is 270. The number of aliphatic carboxylic acids is 1. The summed E-state index contributed by atoms with van der Waals surface area (Å²) in [5.74, 6) is -0.394. The molecule has 2 unspecified atom stereocenters. The zero-order chi connectivity index (χ0) is 9.59. The molecule has 0 radical (unpaired) electrons. The first kappa shape index (κ1) is 8.83. The van der Waals surface area contributed by atoms with E-state index in [9.17, 15) is 9.59 Å². The number of hydrogen-bond acceptors (Lipinski definition) is 4. The first-order valence-electron chi connectivity index (χ1n) is 4.05. The van der Waals surface area contributed by atoms with Crippen molar-refractivity contribution in [3.05, 3.63) is 0 Å². The predicted molar refractivity (Wildman–Crippen MR) is 47.1 cm³/mol. The average Bonchev–Trinajstić information content (AvgIpc) is 2.15. The molecule has 2 saturated heterocycles. The van der Waals surface area contributed by atoms with E-state index in [-0.39, 0.29) is 11.3 Å². The van der Waals surface area contributed by atoms with Crippen LogP contribution in [0, 0.1) is 0 Å². The first-order valence-corrected chi connectivity index (χ1v) is 5.10. The molecule has 0 aromatic carbocycles. The fourth-order valence-corrected chi connectivity index (χ4v) is 3.04. The third-order valence-electron chi connectivity index (χ3n) is 2.42. The van der Waals surface area contributed by atoms with Gasteiger partial charge in [0.1, 0.15) is 17.5 Å². The normalized spacial score (nSPS) is 38.1. The molecule has 3 N–H and O–H groups in total. The van der Waals surface area contributed by atoms with Crippen LogP contribution in [0.4, 0.5) is 0 Å². The first-order chi connectivity index (χ1) is 6.13. The highest BCUT2D eigenvalue weighted by Gasteiger charge is 2.52. The minimum absolute atomic E-state index is 0.109. The number of carboxylic acid groups (broad SMARTS) is 1. The summed E-state index contributed by atoms with van der Waals surface area (Å²) in [5, 5.41) is 8.71. The van der Waals surface area contributed by atoms with Gasteiger partial charge in [0, 0.05) is 0 Å². The highest BCUT2D eigenvalue weighted by molar-refractivity contribution is 8.00. The van der Waals surface area contributed by atoms with E-state index in [1.54, 1.807) is 11.8 Å². The fourth-order valence-electron chi connectivity index (χ4n) is 1.71. The smallest absolute Gasteiger partial charge is 0.326 e. The van der Waals surface area contributed by atoms with Crippen LogP contribution in [0.3, 0.4) is 0 Å². The van der Waals surface area contributed by atoms with Crippen LogP contribution in [0.2, 0.25) is 0 Å². The monoisotopic (exact) mass is 202 g/mol. The Morgan fingerprint density at radius 3 is 3.00 bits per heavy atom. The number of amides is 1. The number of hydrogen-bond donors (Lipinski definition) is 2. The molecule has 2 aliphatic rings. The van der Waals surface area contributed by atoms with Crippen molar-refractivity contribution in [2.45, 2.75) is 23.9 Å². The number of thioether (sulfide) groups is 1. The van der Waals surface area contributed by atoms with Crippen LogP contribution in [0.5, 0.6) is 0 Å². The Balaban J connectivity index is 2.16. The molecule has 2 fully saturated rings. The summed E-state index contributed by atoms with van der Waals surface area (Å²) in [4.78, 5) is 23.4. The molecule has 1 amide bonds. The molecule has 2 aliphatic heterocycles. The zero-order valence-electron chi connectivity index (χ0n) is 6.84. The number of nitrogens with zero attached hydrogens (tertiary/aromatic N) is 1. The molecular formula is C7H10N2O3S. The molecule has 0 aliphatic carbocycles. The van der Waals surface area contributed by atoms with Crippen LogP contribution in [0.15, 0.2) is 0 Å². The van der Waals surface area contributed by atoms with Gasteiger partial charge in [0.15, 0.2) is 0 Å². The van der Waals surface area contributed by atoms with Crippen molar-refractivity contribution < 1.29 is 14.7 Å². The Hall–Kier alpha value is -0.750. The molecule has 2 heterocycles. The van der Waals surface area contributed by atoms with Crippen LogP contribution >= 0.6 is 11.8 Å². The van der Waals surface area contributed by atoms with Gasteiger partial charge < -0.3 is 15.7 Å². The lowest BCUT2D eigenvalue weighted by molar-refractivity contribution is -0.160. The molecule has 0 aromatic rings. The van der Waals surface area contributed by atoms with Gasteiger partial charge >= 0.3 is 5.97 Å². The molecule has 13 heavy (non-hydrogen) atoms. The van der Waals surface area contributed by atoms with E-state index in [2.05, 4.69) is 0 Å². The lowest BCUT2D eigenvalue weighted by Gasteiger charge is -2.50. The predicted octanol–water partition coefficient (Wildman–Crippen LogP) is -0.928. The lowest BCUT2D eigenvalue weighted by Crippen LogP contribution is -2.72. The lowest BCUT2D eigenvalue weighted by atomic mass is 10.0. The number of carboxylic acids is 1. The number of β-lactam (4-membered cyclic amide) rings is 1. The third kappa shape index (κ3) is 1.13. The standard InChI is InChI=1S/C7H10N2O3S/c8-4-5(10)9-3(7(11)12)1-2-13-6(4)9/h3-4,6H,1-2,8H2,(H,11,12)/t3?,4?,6-/m1/s1. The van der Waals surface area contributed by atoms with Gasteiger partial charge in [-0.25, -0.2) is 4.79 Å². The van der Waals surface area contributed by atoms with E-state index in [1.165, 1.54) is 4.90 Å². The zero-order valence-corrected chi connectivity index (χ0v) is 7.66. The Labute approximate surface area is 79.3 Å². The van der Waals surface area contributed by atoms with Gasteiger partial charge in [-0.2, -0.15) is 0 Å². The summed E-state index contributed by atoms with van der Waals surface area (Å²) < 4.78 is 0. The summed E-state index contributed by atoms with van der Waals surface area (Å²) in [6, 6.07) is -1.15. The summed E-state index contributed by atoms with van der Waals surface area (Å²) in [7, 11) is 0. The molecule has 5 nitrogen and oxygen atoms in total. The summed E-state index contributed by atoms with van der Waals surface area (Å²) in [5.41, 5.74) is 5.53. The van der Waals surface area contributed by atoms with Gasteiger partial charge in [0.2, 0.25) is 5.91 Å². The topological polar surface area (TPSA) is 83.6 Å². The van der Waals surface area contributed by atoms with Gasteiger partial charge in [-0.05, 0) is 12.2 Å². The summed E-state index contributed by atoms with van der Waals surface area (Å²) >= 11 is 1.56. The molecule has 0 bridgehead atoms. The van der Waals surface area contributed by atoms with Crippen molar-refractivity contribution in [3.8, 4) is 0 Å². The fraction of sp³-hybridized carbons (Fsp3) is 0.714. The highest BCUT2D eigenvalue weighted by atomic mass is 32.2. The minimum Gasteiger partial charge on any atom is -0.480 e. The average molecular weight is 202 g/mol. The number of fused-ring (bicyclic) bond motifs is 1. The number of carbonyl (C=O) groups excluding carboxylic acids is 1. The van der Waals surface area contributed by atoms with E-state index in [4.69, 9.17) is 10.8 Å². The second-order valence-corrected chi connectivity index (χ2v) is 4.40. The molecule has 0 saturated carbocycles. The molecule has 0 aromatic heterocycles. The van der Waals surface area contributed by atoms with E-state index in [0.717, 1.165) is 5.75 Å². The summed E-state index contributed by atoms with van der Waals surface area (Å²) in [6.07, 6.45) is 0.523. The van der Waals surface area contributed by atoms with Gasteiger partial charge in [0.05, 0.1) is 0 Å². The molecular weight excluding hydrogens is 192 g/mol. The van der Waals surface area contributed by atoms with E-state index >= 15 is 0 Å².